The fourth-order valence-corrected chi connectivity index (χ4v) is 5.01. The van der Waals surface area contributed by atoms with Crippen LogP contribution in [-0.2, 0) is 17.5 Å². The number of alkyl halides is 3. The quantitative estimate of drug-likeness (QED) is 0.253. The number of benzene rings is 2. The van der Waals surface area contributed by atoms with Gasteiger partial charge in [-0.25, -0.2) is 4.79 Å². The topological polar surface area (TPSA) is 70.8 Å². The number of nitrogens with zero attached hydrogens (tertiary/aromatic N) is 1. The van der Waals surface area contributed by atoms with Gasteiger partial charge in [-0.05, 0) is 53.4 Å². The van der Waals surface area contributed by atoms with Gasteiger partial charge < -0.3 is 14.4 Å². The number of carbonyl (C=O) groups excluding carboxylic acids is 1. The zero-order valence-corrected chi connectivity index (χ0v) is 20.5. The molecule has 0 aliphatic heterocycles. The number of hydrogen-bond acceptors (Lipinski definition) is 4. The summed E-state index contributed by atoms with van der Waals surface area (Å²) in [4.78, 5) is 27.4. The predicted octanol–water partition coefficient (Wildman–Crippen LogP) is 7.80. The van der Waals surface area contributed by atoms with Crippen molar-refractivity contribution >= 4 is 46.4 Å². The van der Waals surface area contributed by atoms with Gasteiger partial charge in [-0.1, -0.05) is 41.4 Å². The molecule has 0 radical (unpaired) electrons. The maximum Gasteiger partial charge on any atom is 0.416 e. The number of rotatable bonds is 7. The van der Waals surface area contributed by atoms with Crippen molar-refractivity contribution in [2.24, 2.45) is 0 Å². The molecule has 11 heteroatoms. The highest BCUT2D eigenvalue weighted by Crippen LogP contribution is 2.36. The van der Waals surface area contributed by atoms with Crippen LogP contribution in [0.15, 0.2) is 76.7 Å². The van der Waals surface area contributed by atoms with Crippen molar-refractivity contribution in [3.05, 3.63) is 104 Å². The fraction of sp³-hybridized carbons (Fsp3) is 0.120. The lowest BCUT2D eigenvalue weighted by molar-refractivity contribution is -0.143. The average molecular weight is 554 g/mol. The van der Waals surface area contributed by atoms with Gasteiger partial charge in [0.1, 0.15) is 5.76 Å². The van der Waals surface area contributed by atoms with Gasteiger partial charge in [-0.2, -0.15) is 13.2 Å². The molecule has 0 aliphatic rings. The molecule has 0 saturated carbocycles. The summed E-state index contributed by atoms with van der Waals surface area (Å²) in [5.41, 5.74) is -0.351. The molecule has 1 N–H and O–H groups in total. The van der Waals surface area contributed by atoms with Crippen LogP contribution in [0.1, 0.15) is 32.6 Å². The van der Waals surface area contributed by atoms with Crippen LogP contribution >= 0.6 is 34.5 Å². The van der Waals surface area contributed by atoms with Crippen LogP contribution in [0.5, 0.6) is 0 Å². The van der Waals surface area contributed by atoms with E-state index in [-0.39, 0.29) is 39.0 Å². The van der Waals surface area contributed by atoms with E-state index in [0.29, 0.717) is 4.88 Å². The molecule has 2 heterocycles. The Morgan fingerprint density at radius 2 is 1.83 bits per heavy atom. The second-order valence-corrected chi connectivity index (χ2v) is 9.47. The third-order valence-corrected chi connectivity index (χ3v) is 6.81. The van der Waals surface area contributed by atoms with Crippen molar-refractivity contribution in [3.8, 4) is 11.1 Å². The standard InChI is InChI=1S/C25H16Cl2F3NO4S/c26-16-6-7-18(19(27)12-16)23(32)31(22(24(33)34)21-5-2-10-36-21)13-20-17(8-9-35-20)14-3-1-4-15(11-14)25(28,29)30/h1-12,22H,13H2,(H,33,34). The Hall–Kier alpha value is -3.27. The van der Waals surface area contributed by atoms with Crippen LogP contribution in [0.3, 0.4) is 0 Å². The predicted molar refractivity (Wildman–Crippen MR) is 130 cm³/mol. The maximum absolute atomic E-state index is 13.6. The summed E-state index contributed by atoms with van der Waals surface area (Å²) < 4.78 is 45.3. The van der Waals surface area contributed by atoms with Crippen molar-refractivity contribution in [1.82, 2.24) is 4.90 Å². The van der Waals surface area contributed by atoms with Crippen LogP contribution in [0.4, 0.5) is 13.2 Å². The molecule has 4 rings (SSSR count). The number of aliphatic carboxylic acids is 1. The van der Waals surface area contributed by atoms with E-state index in [1.807, 2.05) is 0 Å². The smallest absolute Gasteiger partial charge is 0.416 e. The molecule has 0 bridgehead atoms. The molecule has 1 unspecified atom stereocenters. The van der Waals surface area contributed by atoms with Crippen molar-refractivity contribution in [3.63, 3.8) is 0 Å². The monoisotopic (exact) mass is 553 g/mol. The van der Waals surface area contributed by atoms with E-state index in [9.17, 15) is 27.9 Å². The summed E-state index contributed by atoms with van der Waals surface area (Å²) >= 11 is 13.3. The van der Waals surface area contributed by atoms with E-state index in [0.717, 1.165) is 28.4 Å². The third-order valence-electron chi connectivity index (χ3n) is 5.34. The lowest BCUT2D eigenvalue weighted by Gasteiger charge is -2.28. The Balaban J connectivity index is 1.79. The summed E-state index contributed by atoms with van der Waals surface area (Å²) in [7, 11) is 0. The van der Waals surface area contributed by atoms with E-state index < -0.39 is 29.7 Å². The van der Waals surface area contributed by atoms with Crippen molar-refractivity contribution in [2.75, 3.05) is 0 Å². The first-order valence-electron chi connectivity index (χ1n) is 10.3. The van der Waals surface area contributed by atoms with E-state index in [4.69, 9.17) is 27.6 Å². The molecule has 5 nitrogen and oxygen atoms in total. The molecular weight excluding hydrogens is 538 g/mol. The number of carbonyl (C=O) groups is 2. The van der Waals surface area contributed by atoms with E-state index >= 15 is 0 Å². The number of halogens is 5. The zero-order valence-electron chi connectivity index (χ0n) is 18.1. The summed E-state index contributed by atoms with van der Waals surface area (Å²) in [6.45, 7) is -0.356. The Morgan fingerprint density at radius 1 is 1.06 bits per heavy atom. The minimum absolute atomic E-state index is 0.0102. The minimum Gasteiger partial charge on any atom is -0.479 e. The molecule has 1 amide bonds. The summed E-state index contributed by atoms with van der Waals surface area (Å²) in [5.74, 6) is -1.91. The summed E-state index contributed by atoms with van der Waals surface area (Å²) in [5, 5.41) is 12.0. The molecule has 2 aromatic heterocycles. The third kappa shape index (κ3) is 5.43. The molecular formula is C25H16Cl2F3NO4S. The number of carboxylic acid groups (broad SMARTS) is 1. The first-order chi connectivity index (χ1) is 17.1. The highest BCUT2D eigenvalue weighted by molar-refractivity contribution is 7.10. The van der Waals surface area contributed by atoms with Gasteiger partial charge in [0.2, 0.25) is 0 Å². The molecule has 0 fully saturated rings. The molecule has 186 valence electrons. The lowest BCUT2D eigenvalue weighted by atomic mass is 10.0. The number of thiophene rings is 1. The molecule has 2 aromatic carbocycles. The van der Waals surface area contributed by atoms with Crippen molar-refractivity contribution < 1.29 is 32.3 Å². The summed E-state index contributed by atoms with van der Waals surface area (Å²) in [6, 6.07) is 12.1. The van der Waals surface area contributed by atoms with Gasteiger partial charge in [0.05, 0.1) is 29.0 Å². The van der Waals surface area contributed by atoms with Crippen LogP contribution < -0.4 is 0 Å². The number of furan rings is 1. The molecule has 0 aliphatic carbocycles. The average Bonchev–Trinajstić information content (AvgIpc) is 3.50. The second-order valence-electron chi connectivity index (χ2n) is 7.65. The van der Waals surface area contributed by atoms with E-state index in [1.165, 1.54) is 42.7 Å². The van der Waals surface area contributed by atoms with Crippen LogP contribution in [0.25, 0.3) is 11.1 Å². The Kier molecular flexibility index (Phi) is 7.44. The number of carboxylic acids is 1. The summed E-state index contributed by atoms with van der Waals surface area (Å²) in [6.07, 6.45) is -3.29. The fourth-order valence-electron chi connectivity index (χ4n) is 3.69. The molecule has 36 heavy (non-hydrogen) atoms. The molecule has 0 saturated heterocycles. The van der Waals surface area contributed by atoms with Gasteiger partial charge in [-0.15, -0.1) is 11.3 Å². The Labute approximate surface area is 217 Å². The van der Waals surface area contributed by atoms with E-state index in [1.54, 1.807) is 17.5 Å². The lowest BCUT2D eigenvalue weighted by Crippen LogP contribution is -2.38. The van der Waals surface area contributed by atoms with Crippen LogP contribution in [-0.4, -0.2) is 21.9 Å². The van der Waals surface area contributed by atoms with Gasteiger partial charge >= 0.3 is 12.1 Å². The largest absolute Gasteiger partial charge is 0.479 e. The maximum atomic E-state index is 13.6. The number of amides is 1. The Bertz CT molecular complexity index is 1400. The normalized spacial score (nSPS) is 12.4. The molecule has 0 spiro atoms. The van der Waals surface area contributed by atoms with Crippen molar-refractivity contribution in [1.29, 1.82) is 0 Å². The highest BCUT2D eigenvalue weighted by atomic mass is 35.5. The Morgan fingerprint density at radius 3 is 2.47 bits per heavy atom. The number of hydrogen-bond donors (Lipinski definition) is 1. The molecule has 1 atom stereocenters. The van der Waals surface area contributed by atoms with Crippen LogP contribution in [0, 0.1) is 0 Å². The minimum atomic E-state index is -4.55. The van der Waals surface area contributed by atoms with Gasteiger partial charge in [0, 0.05) is 15.5 Å². The molecule has 4 aromatic rings. The van der Waals surface area contributed by atoms with Crippen LogP contribution in [0.2, 0.25) is 10.0 Å². The SMILES string of the molecule is O=C(O)C(c1cccs1)N(Cc1occc1-c1cccc(C(F)(F)F)c1)C(=O)c1ccc(Cl)cc1Cl. The van der Waals surface area contributed by atoms with E-state index in [2.05, 4.69) is 0 Å². The second kappa shape index (κ2) is 10.4. The van der Waals surface area contributed by atoms with Gasteiger partial charge in [0.25, 0.3) is 5.91 Å². The van der Waals surface area contributed by atoms with Gasteiger partial charge in [-0.3, -0.25) is 4.79 Å². The van der Waals surface area contributed by atoms with Crippen molar-refractivity contribution in [2.45, 2.75) is 18.8 Å². The van der Waals surface area contributed by atoms with Gasteiger partial charge in [0.15, 0.2) is 6.04 Å². The first-order valence-corrected chi connectivity index (χ1v) is 12.0. The highest BCUT2D eigenvalue weighted by Gasteiger charge is 2.35. The zero-order chi connectivity index (χ0) is 26.0. The first kappa shape index (κ1) is 25.8.